The van der Waals surface area contributed by atoms with E-state index in [1.165, 1.54) is 0 Å². The van der Waals surface area contributed by atoms with E-state index in [1.807, 2.05) is 13.8 Å². The van der Waals surface area contributed by atoms with E-state index in [0.717, 1.165) is 0 Å². The van der Waals surface area contributed by atoms with E-state index >= 15 is 0 Å². The first kappa shape index (κ1) is 20.9. The molecule has 0 aromatic carbocycles. The Morgan fingerprint density at radius 3 is 2.89 bits per heavy atom. The van der Waals surface area contributed by atoms with Crippen molar-refractivity contribution >= 4 is 24.9 Å². The summed E-state index contributed by atoms with van der Waals surface area (Å²) in [5, 5.41) is 0. The molecule has 0 radical (unpaired) electrons. The van der Waals surface area contributed by atoms with Gasteiger partial charge in [-0.05, 0) is 27.2 Å². The minimum absolute atomic E-state index is 0.0602. The van der Waals surface area contributed by atoms with Gasteiger partial charge in [0.2, 0.25) is 11.8 Å². The topological polar surface area (TPSA) is 144 Å². The predicted molar refractivity (Wildman–Crippen MR) is 101 cm³/mol. The van der Waals surface area contributed by atoms with Gasteiger partial charge < -0.3 is 20.1 Å². The molecule has 4 atom stereocenters. The molecule has 28 heavy (non-hydrogen) atoms. The standard InChI is InChI=1S/C16H26N5O6P/c1-5-24-14-12-13(19-16(17)20-14)21(8-18-12)15-10(4)6-11(26-15)7-25-28(22,23)27-9(2)3/h8-11,15H,5-7H2,1-4H3,(H,22,23)(H2,17,19,20). The lowest BCUT2D eigenvalue weighted by Crippen LogP contribution is -2.17. The Kier molecular flexibility index (Phi) is 6.21. The molecule has 1 aliphatic heterocycles. The minimum atomic E-state index is -4.11. The van der Waals surface area contributed by atoms with Crippen LogP contribution in [0.15, 0.2) is 6.33 Å². The summed E-state index contributed by atoms with van der Waals surface area (Å²) in [6, 6.07) is 0. The van der Waals surface area contributed by atoms with E-state index in [2.05, 4.69) is 15.0 Å². The van der Waals surface area contributed by atoms with Gasteiger partial charge in [-0.2, -0.15) is 9.97 Å². The van der Waals surface area contributed by atoms with Crippen LogP contribution in [0.2, 0.25) is 0 Å². The van der Waals surface area contributed by atoms with Gasteiger partial charge in [-0.15, -0.1) is 0 Å². The molecule has 1 aliphatic rings. The lowest BCUT2D eigenvalue weighted by Gasteiger charge is -2.19. The number of ether oxygens (including phenoxy) is 2. The Balaban J connectivity index is 1.75. The van der Waals surface area contributed by atoms with Crippen molar-refractivity contribution in [3.63, 3.8) is 0 Å². The van der Waals surface area contributed by atoms with Crippen LogP contribution in [0.25, 0.3) is 11.2 Å². The van der Waals surface area contributed by atoms with E-state index in [9.17, 15) is 9.46 Å². The van der Waals surface area contributed by atoms with E-state index in [4.69, 9.17) is 24.3 Å². The van der Waals surface area contributed by atoms with Gasteiger partial charge >= 0.3 is 7.82 Å². The summed E-state index contributed by atoms with van der Waals surface area (Å²) >= 11 is 0. The van der Waals surface area contributed by atoms with E-state index in [-0.39, 0.29) is 30.8 Å². The molecular weight excluding hydrogens is 389 g/mol. The highest BCUT2D eigenvalue weighted by atomic mass is 31.2. The summed E-state index contributed by atoms with van der Waals surface area (Å²) in [5.41, 5.74) is 6.80. The number of anilines is 1. The van der Waals surface area contributed by atoms with Crippen molar-refractivity contribution in [2.24, 2.45) is 5.92 Å². The molecule has 4 unspecified atom stereocenters. The van der Waals surface area contributed by atoms with Gasteiger partial charge in [0.15, 0.2) is 11.2 Å². The summed E-state index contributed by atoms with van der Waals surface area (Å²) in [5.74, 6) is 0.485. The molecule has 156 valence electrons. The highest BCUT2D eigenvalue weighted by molar-refractivity contribution is 7.47. The maximum Gasteiger partial charge on any atom is 0.472 e. The lowest BCUT2D eigenvalue weighted by molar-refractivity contribution is -0.0315. The van der Waals surface area contributed by atoms with E-state index in [1.54, 1.807) is 24.7 Å². The van der Waals surface area contributed by atoms with Crippen molar-refractivity contribution in [1.29, 1.82) is 0 Å². The predicted octanol–water partition coefficient (Wildman–Crippen LogP) is 2.27. The van der Waals surface area contributed by atoms with Crippen LogP contribution in [0, 0.1) is 5.92 Å². The number of hydrogen-bond acceptors (Lipinski definition) is 9. The molecule has 0 spiro atoms. The van der Waals surface area contributed by atoms with Gasteiger partial charge in [-0.3, -0.25) is 13.6 Å². The highest BCUT2D eigenvalue weighted by Gasteiger charge is 2.36. The monoisotopic (exact) mass is 415 g/mol. The van der Waals surface area contributed by atoms with Crippen molar-refractivity contribution in [3.05, 3.63) is 6.33 Å². The number of imidazole rings is 1. The highest BCUT2D eigenvalue weighted by Crippen LogP contribution is 2.46. The zero-order chi connectivity index (χ0) is 20.5. The van der Waals surface area contributed by atoms with Crippen LogP contribution in [0.4, 0.5) is 5.95 Å². The normalized spacial score (nSPS) is 24.7. The van der Waals surface area contributed by atoms with Crippen LogP contribution in [0.5, 0.6) is 5.88 Å². The second-order valence-corrected chi connectivity index (χ2v) is 8.33. The Morgan fingerprint density at radius 1 is 1.46 bits per heavy atom. The van der Waals surface area contributed by atoms with Gasteiger partial charge in [-0.25, -0.2) is 9.55 Å². The number of fused-ring (bicyclic) bond motifs is 1. The average molecular weight is 415 g/mol. The molecule has 3 rings (SSSR count). The fraction of sp³-hybridized carbons (Fsp3) is 0.688. The number of phosphoric acid groups is 1. The summed E-state index contributed by atoms with van der Waals surface area (Å²) in [4.78, 5) is 22.4. The maximum atomic E-state index is 11.9. The van der Waals surface area contributed by atoms with Gasteiger partial charge in [0.25, 0.3) is 0 Å². The molecule has 3 heterocycles. The second kappa shape index (κ2) is 8.30. The van der Waals surface area contributed by atoms with Crippen LogP contribution in [0.3, 0.4) is 0 Å². The number of nitrogens with two attached hydrogens (primary N) is 1. The summed E-state index contributed by atoms with van der Waals surface area (Å²) in [7, 11) is -4.11. The van der Waals surface area contributed by atoms with Crippen molar-refractivity contribution < 1.29 is 28.0 Å². The largest absolute Gasteiger partial charge is 0.476 e. The fourth-order valence-corrected chi connectivity index (χ4v) is 4.12. The van der Waals surface area contributed by atoms with E-state index < -0.39 is 13.9 Å². The zero-order valence-electron chi connectivity index (χ0n) is 16.3. The number of nitrogen functional groups attached to an aromatic ring is 1. The maximum absolute atomic E-state index is 11.9. The third kappa shape index (κ3) is 4.61. The Labute approximate surface area is 162 Å². The minimum Gasteiger partial charge on any atom is -0.476 e. The lowest BCUT2D eigenvalue weighted by atomic mass is 10.1. The smallest absolute Gasteiger partial charge is 0.472 e. The Bertz CT molecular complexity index is 875. The molecule has 2 aromatic rings. The first-order chi connectivity index (χ1) is 13.2. The molecule has 0 amide bonds. The summed E-state index contributed by atoms with van der Waals surface area (Å²) in [6.07, 6.45) is 1.05. The van der Waals surface area contributed by atoms with Gasteiger partial charge in [-0.1, -0.05) is 6.92 Å². The molecule has 3 N–H and O–H groups in total. The number of rotatable bonds is 8. The molecule has 0 bridgehead atoms. The van der Waals surface area contributed by atoms with Crippen molar-refractivity contribution in [2.45, 2.75) is 52.6 Å². The van der Waals surface area contributed by atoms with Crippen LogP contribution >= 0.6 is 7.82 Å². The molecule has 2 aromatic heterocycles. The first-order valence-electron chi connectivity index (χ1n) is 9.14. The fourth-order valence-electron chi connectivity index (χ4n) is 3.17. The number of hydrogen-bond donors (Lipinski definition) is 2. The number of phosphoric ester groups is 1. The van der Waals surface area contributed by atoms with Gasteiger partial charge in [0.05, 0.1) is 31.7 Å². The van der Waals surface area contributed by atoms with Gasteiger partial charge in [0.1, 0.15) is 6.23 Å². The summed E-state index contributed by atoms with van der Waals surface area (Å²) < 4.78 is 35.1. The molecule has 11 nitrogen and oxygen atoms in total. The molecular formula is C16H26N5O6P. The molecule has 1 fully saturated rings. The second-order valence-electron chi connectivity index (χ2n) is 6.92. The molecule has 1 saturated heterocycles. The number of nitrogens with zero attached hydrogens (tertiary/aromatic N) is 4. The quantitative estimate of drug-likeness (QED) is 0.616. The molecule has 0 aliphatic carbocycles. The first-order valence-corrected chi connectivity index (χ1v) is 10.6. The van der Waals surface area contributed by atoms with E-state index in [0.29, 0.717) is 30.1 Å². The van der Waals surface area contributed by atoms with Crippen LogP contribution in [-0.2, 0) is 18.3 Å². The van der Waals surface area contributed by atoms with Gasteiger partial charge in [0, 0.05) is 5.92 Å². The molecule has 12 heteroatoms. The molecule has 0 saturated carbocycles. The summed E-state index contributed by atoms with van der Waals surface area (Å²) in [6.45, 7) is 7.53. The Hall–Kier alpha value is -1.78. The van der Waals surface area contributed by atoms with Crippen LogP contribution in [0.1, 0.15) is 40.3 Å². The van der Waals surface area contributed by atoms with Crippen molar-refractivity contribution in [2.75, 3.05) is 18.9 Å². The zero-order valence-corrected chi connectivity index (χ0v) is 17.2. The van der Waals surface area contributed by atoms with Crippen molar-refractivity contribution in [1.82, 2.24) is 19.5 Å². The third-order valence-electron chi connectivity index (χ3n) is 4.18. The van der Waals surface area contributed by atoms with Crippen LogP contribution < -0.4 is 10.5 Å². The third-order valence-corrected chi connectivity index (χ3v) is 5.35. The number of aromatic nitrogens is 4. The van der Waals surface area contributed by atoms with Crippen molar-refractivity contribution in [3.8, 4) is 5.88 Å². The van der Waals surface area contributed by atoms with Crippen LogP contribution in [-0.4, -0.2) is 49.8 Å². The average Bonchev–Trinajstić information content (AvgIpc) is 3.15. The Morgan fingerprint density at radius 2 is 2.21 bits per heavy atom. The SMILES string of the molecule is CCOc1nc(N)nc2c1ncn2C1OC(COP(=O)(O)OC(C)C)CC1C.